The highest BCUT2D eigenvalue weighted by Crippen LogP contribution is 2.18. The van der Waals surface area contributed by atoms with Gasteiger partial charge in [0.1, 0.15) is 0 Å². The van der Waals surface area contributed by atoms with E-state index in [0.717, 1.165) is 23.3 Å². The van der Waals surface area contributed by atoms with Crippen molar-refractivity contribution >= 4 is 17.4 Å². The molecule has 1 heterocycles. The molecule has 0 aromatic carbocycles. The maximum Gasteiger partial charge on any atom is 0.317 e. The summed E-state index contributed by atoms with van der Waals surface area (Å²) >= 11 is 1.57. The molecule has 21 heavy (non-hydrogen) atoms. The third-order valence-electron chi connectivity index (χ3n) is 3.55. The normalized spacial score (nSPS) is 14.6. The van der Waals surface area contributed by atoms with E-state index in [0.29, 0.717) is 19.0 Å². The second-order valence-corrected chi connectivity index (χ2v) is 6.29. The van der Waals surface area contributed by atoms with Gasteiger partial charge in [0.05, 0.1) is 11.5 Å². The van der Waals surface area contributed by atoms with E-state index in [9.17, 15) is 4.79 Å². The molecule has 2 rings (SSSR count). The number of aliphatic hydroxyl groups is 1. The van der Waals surface area contributed by atoms with E-state index in [1.165, 1.54) is 12.8 Å². The van der Waals surface area contributed by atoms with Gasteiger partial charge in [0.15, 0.2) is 0 Å². The van der Waals surface area contributed by atoms with Crippen molar-refractivity contribution in [3.8, 4) is 11.8 Å². The van der Waals surface area contributed by atoms with Crippen molar-refractivity contribution in [3.63, 3.8) is 0 Å². The molecule has 114 valence electrons. The molecule has 4 nitrogen and oxygen atoms in total. The van der Waals surface area contributed by atoms with Gasteiger partial charge in [-0.1, -0.05) is 24.7 Å². The summed E-state index contributed by atoms with van der Waals surface area (Å²) in [4.78, 5) is 14.8. The first-order valence-corrected chi connectivity index (χ1v) is 8.26. The van der Waals surface area contributed by atoms with Crippen LogP contribution in [0.4, 0.5) is 4.79 Å². The van der Waals surface area contributed by atoms with E-state index in [1.54, 1.807) is 16.2 Å². The van der Waals surface area contributed by atoms with E-state index in [2.05, 4.69) is 17.2 Å². The van der Waals surface area contributed by atoms with Crippen molar-refractivity contribution in [2.45, 2.75) is 44.7 Å². The summed E-state index contributed by atoms with van der Waals surface area (Å²) in [6, 6.07) is 2.36. The monoisotopic (exact) mass is 306 g/mol. The van der Waals surface area contributed by atoms with Crippen molar-refractivity contribution in [2.24, 2.45) is 0 Å². The summed E-state index contributed by atoms with van der Waals surface area (Å²) in [5.74, 6) is 5.92. The zero-order valence-corrected chi connectivity index (χ0v) is 13.2. The van der Waals surface area contributed by atoms with Gasteiger partial charge in [-0.3, -0.25) is 0 Å². The quantitative estimate of drug-likeness (QED) is 0.840. The molecule has 5 heteroatoms. The summed E-state index contributed by atoms with van der Waals surface area (Å²) in [5, 5.41) is 13.8. The van der Waals surface area contributed by atoms with Crippen LogP contribution in [-0.4, -0.2) is 35.7 Å². The number of rotatable bonds is 4. The number of urea groups is 1. The number of nitrogens with zero attached hydrogens (tertiary/aromatic N) is 1. The Morgan fingerprint density at radius 2 is 2.29 bits per heavy atom. The van der Waals surface area contributed by atoms with Crippen LogP contribution in [0.3, 0.4) is 0 Å². The summed E-state index contributed by atoms with van der Waals surface area (Å²) in [6.07, 6.45) is 5.13. The van der Waals surface area contributed by atoms with E-state index < -0.39 is 0 Å². The first-order chi connectivity index (χ1) is 10.2. The summed E-state index contributed by atoms with van der Waals surface area (Å²) in [5.41, 5.74) is 1.09. The van der Waals surface area contributed by atoms with E-state index in [1.807, 2.05) is 18.5 Å². The SMILES string of the molecule is CN(Cc1csc(C#CCCO)c1)C(=O)NC1CCCC1. The van der Waals surface area contributed by atoms with Gasteiger partial charge in [-0.15, -0.1) is 11.3 Å². The molecule has 1 aliphatic rings. The summed E-state index contributed by atoms with van der Waals surface area (Å²) in [6.45, 7) is 0.687. The van der Waals surface area contributed by atoms with Gasteiger partial charge in [0, 0.05) is 26.1 Å². The summed E-state index contributed by atoms with van der Waals surface area (Å²) in [7, 11) is 1.82. The Bertz CT molecular complexity index is 524. The van der Waals surface area contributed by atoms with Crippen LogP contribution in [0.1, 0.15) is 42.5 Å². The number of carbonyl (C=O) groups is 1. The van der Waals surface area contributed by atoms with Crippen LogP contribution in [-0.2, 0) is 6.54 Å². The minimum atomic E-state index is 0.000940. The van der Waals surface area contributed by atoms with Gasteiger partial charge < -0.3 is 15.3 Å². The van der Waals surface area contributed by atoms with E-state index in [4.69, 9.17) is 5.11 Å². The number of amides is 2. The lowest BCUT2D eigenvalue weighted by molar-refractivity contribution is 0.203. The van der Waals surface area contributed by atoms with Gasteiger partial charge in [-0.05, 0) is 29.9 Å². The van der Waals surface area contributed by atoms with Crippen LogP contribution < -0.4 is 5.32 Å². The molecule has 0 unspecified atom stereocenters. The third kappa shape index (κ3) is 5.07. The van der Waals surface area contributed by atoms with Gasteiger partial charge in [0.25, 0.3) is 0 Å². The number of hydrogen-bond donors (Lipinski definition) is 2. The van der Waals surface area contributed by atoms with E-state index in [-0.39, 0.29) is 12.6 Å². The Morgan fingerprint density at radius 3 is 3.00 bits per heavy atom. The van der Waals surface area contributed by atoms with Gasteiger partial charge >= 0.3 is 6.03 Å². The maximum atomic E-state index is 12.1. The lowest BCUT2D eigenvalue weighted by Crippen LogP contribution is -2.41. The standard InChI is InChI=1S/C16H22N2O2S/c1-18(16(20)17-14-6-2-3-7-14)11-13-10-15(21-12-13)8-4-5-9-19/h10,12,14,19H,2-3,5-7,9,11H2,1H3,(H,17,20). The molecular weight excluding hydrogens is 284 g/mol. The van der Waals surface area contributed by atoms with Crippen molar-refractivity contribution in [2.75, 3.05) is 13.7 Å². The largest absolute Gasteiger partial charge is 0.395 e. The zero-order valence-electron chi connectivity index (χ0n) is 12.4. The van der Waals surface area contributed by atoms with Crippen LogP contribution in [0.25, 0.3) is 0 Å². The van der Waals surface area contributed by atoms with E-state index >= 15 is 0 Å². The highest BCUT2D eigenvalue weighted by Gasteiger charge is 2.19. The zero-order chi connectivity index (χ0) is 15.1. The second kappa shape index (κ2) is 8.06. The maximum absolute atomic E-state index is 12.1. The first-order valence-electron chi connectivity index (χ1n) is 7.38. The minimum Gasteiger partial charge on any atom is -0.395 e. The molecule has 2 amide bonds. The molecule has 1 aliphatic carbocycles. The van der Waals surface area contributed by atoms with Gasteiger partial charge in [-0.25, -0.2) is 4.79 Å². The Balaban J connectivity index is 1.83. The molecule has 1 aromatic rings. The molecule has 0 saturated heterocycles. The smallest absolute Gasteiger partial charge is 0.317 e. The molecule has 0 atom stereocenters. The topological polar surface area (TPSA) is 52.6 Å². The lowest BCUT2D eigenvalue weighted by Gasteiger charge is -2.20. The van der Waals surface area contributed by atoms with Crippen LogP contribution in [0.2, 0.25) is 0 Å². The molecule has 0 spiro atoms. The highest BCUT2D eigenvalue weighted by molar-refractivity contribution is 7.10. The van der Waals surface area contributed by atoms with Crippen LogP contribution in [0.5, 0.6) is 0 Å². The average Bonchev–Trinajstić information content (AvgIpc) is 3.11. The Hall–Kier alpha value is -1.51. The molecule has 0 aliphatic heterocycles. The summed E-state index contributed by atoms with van der Waals surface area (Å²) < 4.78 is 0. The number of nitrogens with one attached hydrogen (secondary N) is 1. The molecule has 1 aromatic heterocycles. The molecule has 2 N–H and O–H groups in total. The van der Waals surface area contributed by atoms with Crippen molar-refractivity contribution in [3.05, 3.63) is 21.9 Å². The Morgan fingerprint density at radius 1 is 1.52 bits per heavy atom. The predicted octanol–water partition coefficient (Wildman–Crippen LogP) is 2.57. The Kier molecular flexibility index (Phi) is 6.09. The van der Waals surface area contributed by atoms with Crippen LogP contribution in [0, 0.1) is 11.8 Å². The number of thiophene rings is 1. The molecule has 1 saturated carbocycles. The Labute approximate surface area is 130 Å². The number of aliphatic hydroxyl groups excluding tert-OH is 1. The van der Waals surface area contributed by atoms with Gasteiger partial charge in [-0.2, -0.15) is 0 Å². The highest BCUT2D eigenvalue weighted by atomic mass is 32.1. The average molecular weight is 306 g/mol. The van der Waals surface area contributed by atoms with Gasteiger partial charge in [0.2, 0.25) is 0 Å². The molecule has 1 fully saturated rings. The number of hydrogen-bond acceptors (Lipinski definition) is 3. The van der Waals surface area contributed by atoms with Crippen molar-refractivity contribution in [1.29, 1.82) is 0 Å². The fourth-order valence-corrected chi connectivity index (χ4v) is 3.20. The lowest BCUT2D eigenvalue weighted by atomic mass is 10.2. The fourth-order valence-electron chi connectivity index (χ4n) is 2.43. The van der Waals surface area contributed by atoms with Crippen LogP contribution in [0.15, 0.2) is 11.4 Å². The number of carbonyl (C=O) groups excluding carboxylic acids is 1. The second-order valence-electron chi connectivity index (χ2n) is 5.38. The molecular formula is C16H22N2O2S. The predicted molar refractivity (Wildman–Crippen MR) is 85.2 cm³/mol. The van der Waals surface area contributed by atoms with Crippen molar-refractivity contribution < 1.29 is 9.90 Å². The van der Waals surface area contributed by atoms with Crippen molar-refractivity contribution in [1.82, 2.24) is 10.2 Å². The molecule has 0 radical (unpaired) electrons. The van der Waals surface area contributed by atoms with Crippen LogP contribution >= 0.6 is 11.3 Å². The minimum absolute atomic E-state index is 0.000940. The molecule has 0 bridgehead atoms. The fraction of sp³-hybridized carbons (Fsp3) is 0.562. The third-order valence-corrected chi connectivity index (χ3v) is 4.45. The first kappa shape index (κ1) is 15.9.